The molecule has 33 heavy (non-hydrogen) atoms. The molecule has 2 bridgehead atoms. The fourth-order valence-corrected chi connectivity index (χ4v) is 5.89. The standard InChI is InChI=1S/C25H27N3O5/c29-22(8-2-15-1-7-20-21(11-15)33-14-32-20)27-10-9-19-16(13-27)12-26-24(30)23(19)25(31)28-17-3-4-18(28)6-5-17/h1,7,11-12,17-18H,2-6,8-10,13-14H2,(H,26,30). The van der Waals surface area contributed by atoms with Gasteiger partial charge in [-0.3, -0.25) is 14.4 Å². The van der Waals surface area contributed by atoms with Crippen LogP contribution in [0.2, 0.25) is 0 Å². The molecule has 2 aromatic rings. The highest BCUT2D eigenvalue weighted by Gasteiger charge is 2.43. The third kappa shape index (κ3) is 3.48. The number of amides is 2. The Balaban J connectivity index is 1.16. The first kappa shape index (κ1) is 20.3. The van der Waals surface area contributed by atoms with Crippen molar-refractivity contribution in [3.8, 4) is 11.5 Å². The molecule has 4 aliphatic heterocycles. The minimum Gasteiger partial charge on any atom is -0.454 e. The summed E-state index contributed by atoms with van der Waals surface area (Å²) in [6.45, 7) is 1.17. The third-order valence-corrected chi connectivity index (χ3v) is 7.61. The lowest BCUT2D eigenvalue weighted by atomic mass is 9.95. The molecular formula is C25H27N3O5. The molecule has 0 spiro atoms. The third-order valence-electron chi connectivity index (χ3n) is 7.61. The molecule has 172 valence electrons. The highest BCUT2D eigenvalue weighted by atomic mass is 16.7. The Bertz CT molecular complexity index is 1170. The Morgan fingerprint density at radius 2 is 1.82 bits per heavy atom. The van der Waals surface area contributed by atoms with Crippen molar-refractivity contribution in [2.24, 2.45) is 0 Å². The minimum absolute atomic E-state index is 0.0648. The quantitative estimate of drug-likeness (QED) is 0.774. The Hall–Kier alpha value is -3.29. The number of carbonyl (C=O) groups is 2. The summed E-state index contributed by atoms with van der Waals surface area (Å²) in [7, 11) is 0. The molecule has 1 aromatic carbocycles. The van der Waals surface area contributed by atoms with E-state index < -0.39 is 0 Å². The van der Waals surface area contributed by atoms with E-state index in [1.165, 1.54) is 0 Å². The molecule has 2 fully saturated rings. The number of pyridine rings is 1. The summed E-state index contributed by atoms with van der Waals surface area (Å²) in [6, 6.07) is 6.31. The van der Waals surface area contributed by atoms with E-state index in [0.717, 1.165) is 53.9 Å². The first-order chi connectivity index (χ1) is 16.1. The maximum absolute atomic E-state index is 13.4. The molecule has 0 radical (unpaired) electrons. The number of nitrogens with one attached hydrogen (secondary N) is 1. The van der Waals surface area contributed by atoms with Crippen LogP contribution in [-0.2, 0) is 24.2 Å². The zero-order valence-corrected chi connectivity index (χ0v) is 18.5. The summed E-state index contributed by atoms with van der Waals surface area (Å²) in [5.41, 5.74) is 2.69. The number of hydrogen-bond donors (Lipinski definition) is 1. The Labute approximate surface area is 191 Å². The number of aromatic amines is 1. The molecule has 0 aliphatic carbocycles. The van der Waals surface area contributed by atoms with Crippen molar-refractivity contribution < 1.29 is 19.1 Å². The van der Waals surface area contributed by atoms with Crippen LogP contribution < -0.4 is 15.0 Å². The zero-order valence-electron chi connectivity index (χ0n) is 18.5. The maximum atomic E-state index is 13.4. The van der Waals surface area contributed by atoms with Crippen molar-refractivity contribution in [1.82, 2.24) is 14.8 Å². The van der Waals surface area contributed by atoms with Crippen molar-refractivity contribution in [3.05, 3.63) is 57.0 Å². The summed E-state index contributed by atoms with van der Waals surface area (Å²) < 4.78 is 10.8. The summed E-state index contributed by atoms with van der Waals surface area (Å²) in [5, 5.41) is 0. The van der Waals surface area contributed by atoms with Gasteiger partial charge in [-0.05, 0) is 67.3 Å². The van der Waals surface area contributed by atoms with E-state index in [1.54, 1.807) is 6.20 Å². The normalized spacial score (nSPS) is 22.5. The number of fused-ring (bicyclic) bond motifs is 4. The second-order valence-electron chi connectivity index (χ2n) is 9.42. The van der Waals surface area contributed by atoms with E-state index in [4.69, 9.17) is 9.47 Å². The van der Waals surface area contributed by atoms with E-state index >= 15 is 0 Å². The Kier molecular flexibility index (Phi) is 4.89. The van der Waals surface area contributed by atoms with Crippen LogP contribution in [0.25, 0.3) is 0 Å². The lowest BCUT2D eigenvalue weighted by Gasteiger charge is -2.31. The molecule has 4 aliphatic rings. The average molecular weight is 450 g/mol. The van der Waals surface area contributed by atoms with Gasteiger partial charge in [-0.25, -0.2) is 0 Å². The molecule has 1 aromatic heterocycles. The second-order valence-corrected chi connectivity index (χ2v) is 9.42. The Morgan fingerprint density at radius 1 is 1.06 bits per heavy atom. The highest BCUT2D eigenvalue weighted by Crippen LogP contribution is 2.38. The lowest BCUT2D eigenvalue weighted by Crippen LogP contribution is -2.42. The van der Waals surface area contributed by atoms with E-state index in [1.807, 2.05) is 28.0 Å². The van der Waals surface area contributed by atoms with Crippen LogP contribution in [-0.4, -0.2) is 52.0 Å². The van der Waals surface area contributed by atoms with Crippen LogP contribution in [0, 0.1) is 0 Å². The van der Waals surface area contributed by atoms with Crippen molar-refractivity contribution in [3.63, 3.8) is 0 Å². The zero-order chi connectivity index (χ0) is 22.5. The van der Waals surface area contributed by atoms with Gasteiger partial charge in [-0.15, -0.1) is 0 Å². The van der Waals surface area contributed by atoms with E-state index in [-0.39, 0.29) is 36.3 Å². The number of benzene rings is 1. The van der Waals surface area contributed by atoms with E-state index in [9.17, 15) is 14.4 Å². The fourth-order valence-electron chi connectivity index (χ4n) is 5.89. The summed E-state index contributed by atoms with van der Waals surface area (Å²) in [6.07, 6.45) is 7.35. The number of carbonyl (C=O) groups excluding carboxylic acids is 2. The molecule has 6 rings (SSSR count). The number of rotatable bonds is 4. The first-order valence-electron chi connectivity index (χ1n) is 11.8. The smallest absolute Gasteiger partial charge is 0.261 e. The lowest BCUT2D eigenvalue weighted by molar-refractivity contribution is -0.132. The van der Waals surface area contributed by atoms with Gasteiger partial charge in [-0.1, -0.05) is 6.07 Å². The van der Waals surface area contributed by atoms with Gasteiger partial charge in [0.1, 0.15) is 5.56 Å². The van der Waals surface area contributed by atoms with Crippen LogP contribution in [0.1, 0.15) is 59.2 Å². The van der Waals surface area contributed by atoms with Crippen molar-refractivity contribution in [1.29, 1.82) is 0 Å². The summed E-state index contributed by atoms with van der Waals surface area (Å²) >= 11 is 0. The molecule has 1 N–H and O–H groups in total. The Morgan fingerprint density at radius 3 is 2.61 bits per heavy atom. The van der Waals surface area contributed by atoms with Gasteiger partial charge in [-0.2, -0.15) is 0 Å². The SMILES string of the molecule is O=C(CCc1ccc2c(c1)OCO2)N1CCc2c(c[nH]c(=O)c2C(=O)N2C3CCC2CC3)C1. The van der Waals surface area contributed by atoms with Gasteiger partial charge >= 0.3 is 0 Å². The summed E-state index contributed by atoms with van der Waals surface area (Å²) in [4.78, 5) is 45.5. The largest absolute Gasteiger partial charge is 0.454 e. The van der Waals surface area contributed by atoms with Crippen LogP contribution in [0.4, 0.5) is 0 Å². The number of hydrogen-bond acceptors (Lipinski definition) is 5. The van der Waals surface area contributed by atoms with Gasteiger partial charge in [0, 0.05) is 37.8 Å². The predicted octanol–water partition coefficient (Wildman–Crippen LogP) is 2.39. The summed E-state index contributed by atoms with van der Waals surface area (Å²) in [5.74, 6) is 1.40. The molecule has 0 atom stereocenters. The van der Waals surface area contributed by atoms with Gasteiger partial charge in [0.05, 0.1) is 0 Å². The van der Waals surface area contributed by atoms with Crippen molar-refractivity contribution >= 4 is 11.8 Å². The molecule has 0 unspecified atom stereocenters. The molecular weight excluding hydrogens is 422 g/mol. The van der Waals surface area contributed by atoms with Crippen LogP contribution >= 0.6 is 0 Å². The number of aryl methyl sites for hydroxylation is 1. The van der Waals surface area contributed by atoms with Crippen molar-refractivity contribution in [2.75, 3.05) is 13.3 Å². The molecule has 8 heteroatoms. The van der Waals surface area contributed by atoms with Gasteiger partial charge < -0.3 is 24.3 Å². The van der Waals surface area contributed by atoms with E-state index in [0.29, 0.717) is 37.9 Å². The highest BCUT2D eigenvalue weighted by molar-refractivity contribution is 5.96. The fraction of sp³-hybridized carbons (Fsp3) is 0.480. The van der Waals surface area contributed by atoms with Crippen molar-refractivity contribution in [2.45, 2.75) is 63.6 Å². The van der Waals surface area contributed by atoms with Gasteiger partial charge in [0.25, 0.3) is 11.5 Å². The molecule has 0 saturated carbocycles. The molecule has 2 amide bonds. The monoisotopic (exact) mass is 449 g/mol. The average Bonchev–Trinajstić information content (AvgIpc) is 3.57. The maximum Gasteiger partial charge on any atom is 0.261 e. The number of aromatic nitrogens is 1. The van der Waals surface area contributed by atoms with Crippen LogP contribution in [0.3, 0.4) is 0 Å². The molecule has 5 heterocycles. The molecule has 8 nitrogen and oxygen atoms in total. The first-order valence-corrected chi connectivity index (χ1v) is 11.8. The number of H-pyrrole nitrogens is 1. The number of ether oxygens (including phenoxy) is 2. The van der Waals surface area contributed by atoms with Gasteiger partial charge in [0.2, 0.25) is 12.7 Å². The minimum atomic E-state index is -0.312. The topological polar surface area (TPSA) is 91.9 Å². The predicted molar refractivity (Wildman–Crippen MR) is 119 cm³/mol. The molecule has 2 saturated heterocycles. The van der Waals surface area contributed by atoms with Crippen LogP contribution in [0.15, 0.2) is 29.2 Å². The van der Waals surface area contributed by atoms with E-state index in [2.05, 4.69) is 4.98 Å². The second kappa shape index (κ2) is 7.93. The number of nitrogens with zero attached hydrogens (tertiary/aromatic N) is 2. The van der Waals surface area contributed by atoms with Gasteiger partial charge in [0.15, 0.2) is 11.5 Å². The van der Waals surface area contributed by atoms with Crippen LogP contribution in [0.5, 0.6) is 11.5 Å².